The molecule has 2 aromatic heterocycles. The maximum atomic E-state index is 12.8. The second kappa shape index (κ2) is 7.69. The van der Waals surface area contributed by atoms with Gasteiger partial charge in [-0.05, 0) is 20.8 Å². The highest BCUT2D eigenvalue weighted by atomic mass is 16.5. The summed E-state index contributed by atoms with van der Waals surface area (Å²) in [5, 5.41) is 11.2. The SMILES string of the molecule is CCn1cc(NC(=O)C2CN(C(=O)c3cn(CC)nc3C)CCO2)cn1. The molecule has 1 atom stereocenters. The molecule has 2 aromatic rings. The van der Waals surface area contributed by atoms with Gasteiger partial charge in [0.1, 0.15) is 0 Å². The van der Waals surface area contributed by atoms with E-state index in [-0.39, 0.29) is 18.4 Å². The number of amides is 2. The van der Waals surface area contributed by atoms with Crippen LogP contribution in [-0.2, 0) is 22.6 Å². The van der Waals surface area contributed by atoms with Gasteiger partial charge in [0, 0.05) is 32.0 Å². The van der Waals surface area contributed by atoms with Crippen LogP contribution in [0.4, 0.5) is 5.69 Å². The number of hydrogen-bond donors (Lipinski definition) is 1. The number of ether oxygens (including phenoxy) is 1. The summed E-state index contributed by atoms with van der Waals surface area (Å²) >= 11 is 0. The van der Waals surface area contributed by atoms with Gasteiger partial charge in [-0.25, -0.2) is 0 Å². The smallest absolute Gasteiger partial charge is 0.257 e. The molecule has 1 unspecified atom stereocenters. The Bertz CT molecular complexity index is 796. The monoisotopic (exact) mass is 360 g/mol. The van der Waals surface area contributed by atoms with Crippen molar-refractivity contribution in [3.05, 3.63) is 29.8 Å². The summed E-state index contributed by atoms with van der Waals surface area (Å²) in [5.41, 5.74) is 1.87. The van der Waals surface area contributed by atoms with Crippen LogP contribution < -0.4 is 5.32 Å². The zero-order valence-electron chi connectivity index (χ0n) is 15.3. The molecule has 0 aliphatic carbocycles. The number of carbonyl (C=O) groups excluding carboxylic acids is 2. The average Bonchev–Trinajstić information content (AvgIpc) is 3.27. The molecule has 1 fully saturated rings. The zero-order chi connectivity index (χ0) is 18.7. The topological polar surface area (TPSA) is 94.3 Å². The van der Waals surface area contributed by atoms with E-state index in [0.717, 1.165) is 6.54 Å². The van der Waals surface area contributed by atoms with E-state index in [2.05, 4.69) is 15.5 Å². The number of nitrogens with zero attached hydrogens (tertiary/aromatic N) is 5. The Hall–Kier alpha value is -2.68. The molecule has 1 aliphatic rings. The first-order chi connectivity index (χ1) is 12.5. The molecule has 140 valence electrons. The van der Waals surface area contributed by atoms with Crippen molar-refractivity contribution in [2.75, 3.05) is 25.0 Å². The molecule has 9 nitrogen and oxygen atoms in total. The maximum absolute atomic E-state index is 12.8. The highest BCUT2D eigenvalue weighted by Crippen LogP contribution is 2.15. The Kier molecular flexibility index (Phi) is 5.36. The van der Waals surface area contributed by atoms with Crippen LogP contribution in [0, 0.1) is 6.92 Å². The lowest BCUT2D eigenvalue weighted by atomic mass is 10.2. The van der Waals surface area contributed by atoms with Gasteiger partial charge in [0.15, 0.2) is 6.10 Å². The van der Waals surface area contributed by atoms with Crippen molar-refractivity contribution < 1.29 is 14.3 Å². The number of anilines is 1. The van der Waals surface area contributed by atoms with Gasteiger partial charge < -0.3 is 15.0 Å². The van der Waals surface area contributed by atoms with Gasteiger partial charge in [0.2, 0.25) is 0 Å². The molecule has 9 heteroatoms. The number of carbonyl (C=O) groups is 2. The van der Waals surface area contributed by atoms with Gasteiger partial charge in [-0.15, -0.1) is 0 Å². The van der Waals surface area contributed by atoms with Crippen molar-refractivity contribution in [1.29, 1.82) is 0 Å². The van der Waals surface area contributed by atoms with Crippen molar-refractivity contribution in [2.24, 2.45) is 0 Å². The highest BCUT2D eigenvalue weighted by Gasteiger charge is 2.31. The lowest BCUT2D eigenvalue weighted by Gasteiger charge is -2.32. The number of hydrogen-bond acceptors (Lipinski definition) is 5. The summed E-state index contributed by atoms with van der Waals surface area (Å²) in [7, 11) is 0. The normalized spacial score (nSPS) is 17.3. The molecule has 0 radical (unpaired) electrons. The van der Waals surface area contributed by atoms with Crippen LogP contribution in [0.15, 0.2) is 18.6 Å². The first kappa shape index (κ1) is 18.1. The number of aryl methyl sites for hydroxylation is 3. The summed E-state index contributed by atoms with van der Waals surface area (Å²) in [6.07, 6.45) is 4.39. The van der Waals surface area contributed by atoms with Crippen LogP contribution >= 0.6 is 0 Å². The molecule has 0 aromatic carbocycles. The average molecular weight is 360 g/mol. The summed E-state index contributed by atoms with van der Waals surface area (Å²) < 4.78 is 9.02. The van der Waals surface area contributed by atoms with Crippen molar-refractivity contribution >= 4 is 17.5 Å². The predicted molar refractivity (Wildman–Crippen MR) is 94.8 cm³/mol. The number of rotatable bonds is 5. The molecule has 1 aliphatic heterocycles. The summed E-state index contributed by atoms with van der Waals surface area (Å²) in [6, 6.07) is 0. The number of morpholine rings is 1. The second-order valence-corrected chi connectivity index (χ2v) is 6.17. The van der Waals surface area contributed by atoms with E-state index >= 15 is 0 Å². The number of aromatic nitrogens is 4. The van der Waals surface area contributed by atoms with E-state index in [4.69, 9.17) is 4.74 Å². The third kappa shape index (κ3) is 3.77. The van der Waals surface area contributed by atoms with Crippen molar-refractivity contribution in [3.63, 3.8) is 0 Å². The van der Waals surface area contributed by atoms with Gasteiger partial charge in [0.25, 0.3) is 11.8 Å². The first-order valence-corrected chi connectivity index (χ1v) is 8.80. The van der Waals surface area contributed by atoms with Crippen molar-refractivity contribution in [3.8, 4) is 0 Å². The molecule has 26 heavy (non-hydrogen) atoms. The molecule has 0 saturated carbocycles. The quantitative estimate of drug-likeness (QED) is 0.855. The zero-order valence-corrected chi connectivity index (χ0v) is 15.3. The van der Waals surface area contributed by atoms with E-state index in [1.54, 1.807) is 32.9 Å². The molecular weight excluding hydrogens is 336 g/mol. The Morgan fingerprint density at radius 1 is 1.27 bits per heavy atom. The Balaban J connectivity index is 1.65. The largest absolute Gasteiger partial charge is 0.365 e. The Labute approximate surface area is 151 Å². The standard InChI is InChI=1S/C17H24N6O3/c1-4-22-9-13(8-18-22)19-16(24)15-11-21(6-7-26-15)17(25)14-10-23(5-2)20-12(14)3/h8-10,15H,4-7,11H2,1-3H3,(H,19,24). The van der Waals surface area contributed by atoms with Crippen LogP contribution in [0.25, 0.3) is 0 Å². The third-order valence-electron chi connectivity index (χ3n) is 4.37. The first-order valence-electron chi connectivity index (χ1n) is 8.80. The van der Waals surface area contributed by atoms with Crippen LogP contribution in [0.2, 0.25) is 0 Å². The van der Waals surface area contributed by atoms with Gasteiger partial charge >= 0.3 is 0 Å². The fraction of sp³-hybridized carbons (Fsp3) is 0.529. The predicted octanol–water partition coefficient (Wildman–Crippen LogP) is 0.908. The molecule has 0 bridgehead atoms. The summed E-state index contributed by atoms with van der Waals surface area (Å²) in [5.74, 6) is -0.402. The minimum atomic E-state index is -0.709. The third-order valence-corrected chi connectivity index (χ3v) is 4.37. The Morgan fingerprint density at radius 3 is 2.69 bits per heavy atom. The molecule has 0 spiro atoms. The summed E-state index contributed by atoms with van der Waals surface area (Å²) in [4.78, 5) is 26.9. The molecule has 2 amide bonds. The van der Waals surface area contributed by atoms with Gasteiger partial charge in [-0.2, -0.15) is 10.2 Å². The molecule has 3 rings (SSSR count). The fourth-order valence-corrected chi connectivity index (χ4v) is 2.88. The minimum Gasteiger partial charge on any atom is -0.365 e. The lowest BCUT2D eigenvalue weighted by Crippen LogP contribution is -2.50. The van der Waals surface area contributed by atoms with E-state index in [9.17, 15) is 9.59 Å². The maximum Gasteiger partial charge on any atom is 0.257 e. The summed E-state index contributed by atoms with van der Waals surface area (Å²) in [6.45, 7) is 8.16. The van der Waals surface area contributed by atoms with E-state index in [0.29, 0.717) is 36.6 Å². The second-order valence-electron chi connectivity index (χ2n) is 6.17. The van der Waals surface area contributed by atoms with Crippen LogP contribution in [-0.4, -0.2) is 62.1 Å². The van der Waals surface area contributed by atoms with Gasteiger partial charge in [-0.3, -0.25) is 19.0 Å². The highest BCUT2D eigenvalue weighted by molar-refractivity contribution is 5.97. The van der Waals surface area contributed by atoms with Crippen LogP contribution in [0.1, 0.15) is 29.9 Å². The van der Waals surface area contributed by atoms with Gasteiger partial charge in [0.05, 0.1) is 36.3 Å². The van der Waals surface area contributed by atoms with Crippen LogP contribution in [0.5, 0.6) is 0 Å². The number of nitrogens with one attached hydrogen (secondary N) is 1. The van der Waals surface area contributed by atoms with Gasteiger partial charge in [-0.1, -0.05) is 0 Å². The van der Waals surface area contributed by atoms with Crippen LogP contribution in [0.3, 0.4) is 0 Å². The molecule has 3 heterocycles. The molecule has 1 saturated heterocycles. The fourth-order valence-electron chi connectivity index (χ4n) is 2.88. The Morgan fingerprint density at radius 2 is 2.04 bits per heavy atom. The van der Waals surface area contributed by atoms with Crippen molar-refractivity contribution in [2.45, 2.75) is 40.0 Å². The van der Waals surface area contributed by atoms with E-state index in [1.807, 2.05) is 20.8 Å². The van der Waals surface area contributed by atoms with E-state index < -0.39 is 6.10 Å². The molecule has 1 N–H and O–H groups in total. The minimum absolute atomic E-state index is 0.123. The van der Waals surface area contributed by atoms with E-state index in [1.165, 1.54) is 0 Å². The molecular formula is C17H24N6O3. The lowest BCUT2D eigenvalue weighted by molar-refractivity contribution is -0.131. The van der Waals surface area contributed by atoms with Crippen molar-refractivity contribution in [1.82, 2.24) is 24.5 Å².